The van der Waals surface area contributed by atoms with Gasteiger partial charge in [-0.05, 0) is 6.42 Å². The molecule has 0 aromatic heterocycles. The zero-order valence-corrected chi connectivity index (χ0v) is 12.9. The number of rotatable bonds is 8. The average molecular weight is 324 g/mol. The zero-order valence-electron chi connectivity index (χ0n) is 12.9. The molecule has 0 saturated carbocycles. The van der Waals surface area contributed by atoms with Gasteiger partial charge in [0, 0.05) is 30.9 Å². The first kappa shape index (κ1) is 18.7. The van der Waals surface area contributed by atoms with Crippen LogP contribution in [0.25, 0.3) is 0 Å². The van der Waals surface area contributed by atoms with E-state index >= 15 is 0 Å². The van der Waals surface area contributed by atoms with E-state index in [9.17, 15) is 19.2 Å². The highest BCUT2D eigenvalue weighted by Crippen LogP contribution is 2.02. The molecule has 4 amide bonds. The molecule has 2 aliphatic rings. The summed E-state index contributed by atoms with van der Waals surface area (Å²) in [7, 11) is 0. The Bertz CT molecular complexity index is 478. The maximum absolute atomic E-state index is 11.1. The van der Waals surface area contributed by atoms with Gasteiger partial charge in [0.15, 0.2) is 0 Å². The molecule has 0 atom stereocenters. The molecule has 23 heavy (non-hydrogen) atoms. The number of nitrogens with zero attached hydrogens (tertiary/aromatic N) is 1. The lowest BCUT2D eigenvalue weighted by molar-refractivity contribution is -0.137. The Balaban J connectivity index is 0.000000313. The Morgan fingerprint density at radius 2 is 1.35 bits per heavy atom. The summed E-state index contributed by atoms with van der Waals surface area (Å²) in [5.74, 6) is -1.19. The molecule has 0 saturated heterocycles. The maximum atomic E-state index is 11.1. The summed E-state index contributed by atoms with van der Waals surface area (Å²) in [4.78, 5) is 43.5. The lowest BCUT2D eigenvalue weighted by Gasteiger charge is -2.13. The summed E-state index contributed by atoms with van der Waals surface area (Å²) in [6.45, 7) is 4.47. The van der Waals surface area contributed by atoms with Crippen molar-refractivity contribution in [2.45, 2.75) is 13.3 Å². The Hall–Kier alpha value is -2.32. The van der Waals surface area contributed by atoms with Crippen molar-refractivity contribution in [3.63, 3.8) is 0 Å². The van der Waals surface area contributed by atoms with Gasteiger partial charge in [-0.1, -0.05) is 6.92 Å². The fourth-order valence-electron chi connectivity index (χ4n) is 1.63. The predicted molar refractivity (Wildman–Crippen MR) is 80.1 cm³/mol. The Labute approximate surface area is 134 Å². The second-order valence-electron chi connectivity index (χ2n) is 4.57. The first-order chi connectivity index (χ1) is 11.0. The van der Waals surface area contributed by atoms with E-state index in [0.29, 0.717) is 26.4 Å². The first-order valence-electron chi connectivity index (χ1n) is 7.26. The van der Waals surface area contributed by atoms with E-state index in [0.717, 1.165) is 17.9 Å². The molecule has 0 fully saturated rings. The van der Waals surface area contributed by atoms with Crippen LogP contribution in [-0.2, 0) is 28.7 Å². The molecular formula is C15H20N2O6. The van der Waals surface area contributed by atoms with Crippen molar-refractivity contribution in [3.05, 3.63) is 24.3 Å². The highest BCUT2D eigenvalue weighted by Gasteiger charge is 2.22. The van der Waals surface area contributed by atoms with Gasteiger partial charge in [-0.3, -0.25) is 29.4 Å². The number of hydrogen-bond acceptors (Lipinski definition) is 6. The van der Waals surface area contributed by atoms with E-state index < -0.39 is 0 Å². The maximum Gasteiger partial charge on any atom is 0.253 e. The topological polar surface area (TPSA) is 102 Å². The highest BCUT2D eigenvalue weighted by atomic mass is 16.5. The minimum atomic E-state index is -0.329. The second kappa shape index (κ2) is 10.4. The molecule has 2 rings (SSSR count). The standard InChI is InChI=1S/C11H17NO4.C4H3NO2/c1-2-6-15-8-9-16-7-5-12-10(13)3-4-11(12)14;6-3-1-2-4(7)5-3/h3-4H,2,5-9H2,1H3;1-2H,(H,5,6,7). The number of ether oxygens (including phenoxy) is 2. The summed E-state index contributed by atoms with van der Waals surface area (Å²) in [5, 5.41) is 2.03. The third-order valence-electron chi connectivity index (χ3n) is 2.71. The number of carbonyl (C=O) groups excluding carboxylic acids is 4. The van der Waals surface area contributed by atoms with Gasteiger partial charge in [-0.2, -0.15) is 0 Å². The molecule has 1 N–H and O–H groups in total. The second-order valence-corrected chi connectivity index (χ2v) is 4.57. The van der Waals surface area contributed by atoms with Crippen LogP contribution in [0.15, 0.2) is 24.3 Å². The number of hydrogen-bond donors (Lipinski definition) is 1. The summed E-state index contributed by atoms with van der Waals surface area (Å²) in [6.07, 6.45) is 5.92. The summed E-state index contributed by atoms with van der Waals surface area (Å²) in [5.41, 5.74) is 0. The highest BCUT2D eigenvalue weighted by molar-refractivity contribution is 6.13. The lowest BCUT2D eigenvalue weighted by atomic mass is 10.5. The molecule has 0 unspecified atom stereocenters. The van der Waals surface area contributed by atoms with Gasteiger partial charge in [0.2, 0.25) is 0 Å². The summed E-state index contributed by atoms with van der Waals surface area (Å²) in [6, 6.07) is 0. The van der Waals surface area contributed by atoms with Crippen LogP contribution in [-0.4, -0.2) is 61.5 Å². The zero-order chi connectivity index (χ0) is 17.1. The van der Waals surface area contributed by atoms with E-state index in [1.807, 2.05) is 12.2 Å². The fourth-order valence-corrected chi connectivity index (χ4v) is 1.63. The van der Waals surface area contributed by atoms with Gasteiger partial charge >= 0.3 is 0 Å². The van der Waals surface area contributed by atoms with Crippen LogP contribution < -0.4 is 5.32 Å². The van der Waals surface area contributed by atoms with Crippen LogP contribution >= 0.6 is 0 Å². The third kappa shape index (κ3) is 7.48. The van der Waals surface area contributed by atoms with Crippen LogP contribution in [0.1, 0.15) is 13.3 Å². The van der Waals surface area contributed by atoms with E-state index in [2.05, 4.69) is 0 Å². The fraction of sp³-hybridized carbons (Fsp3) is 0.467. The van der Waals surface area contributed by atoms with Crippen LogP contribution in [0.4, 0.5) is 0 Å². The molecule has 0 aliphatic carbocycles. The van der Waals surface area contributed by atoms with Crippen molar-refractivity contribution >= 4 is 23.6 Å². The molecule has 0 spiro atoms. The molecule has 0 aromatic carbocycles. The first-order valence-corrected chi connectivity index (χ1v) is 7.26. The monoisotopic (exact) mass is 324 g/mol. The summed E-state index contributed by atoms with van der Waals surface area (Å²) < 4.78 is 10.5. The van der Waals surface area contributed by atoms with E-state index in [1.165, 1.54) is 24.3 Å². The van der Waals surface area contributed by atoms with Gasteiger partial charge in [0.1, 0.15) is 0 Å². The molecule has 2 aliphatic heterocycles. The molecule has 0 bridgehead atoms. The van der Waals surface area contributed by atoms with E-state index in [-0.39, 0.29) is 23.6 Å². The average Bonchev–Trinajstić information content (AvgIpc) is 3.05. The van der Waals surface area contributed by atoms with Gasteiger partial charge in [0.05, 0.1) is 26.4 Å². The molecule has 8 heteroatoms. The molecule has 0 radical (unpaired) electrons. The Morgan fingerprint density at radius 1 is 0.826 bits per heavy atom. The van der Waals surface area contributed by atoms with Crippen molar-refractivity contribution in [1.82, 2.24) is 10.2 Å². The van der Waals surface area contributed by atoms with Crippen molar-refractivity contribution < 1.29 is 28.7 Å². The van der Waals surface area contributed by atoms with Crippen molar-refractivity contribution in [2.75, 3.05) is 33.0 Å². The predicted octanol–water partition coefficient (Wildman–Crippen LogP) is -0.446. The van der Waals surface area contributed by atoms with Crippen LogP contribution in [0.3, 0.4) is 0 Å². The SMILES string of the molecule is CCCOCCOCCN1C(=O)C=CC1=O.O=C1C=CC(=O)N1. The number of imide groups is 2. The van der Waals surface area contributed by atoms with E-state index in [4.69, 9.17) is 9.47 Å². The summed E-state index contributed by atoms with van der Waals surface area (Å²) >= 11 is 0. The van der Waals surface area contributed by atoms with Gasteiger partial charge in [-0.25, -0.2) is 0 Å². The smallest absolute Gasteiger partial charge is 0.253 e. The molecule has 8 nitrogen and oxygen atoms in total. The lowest BCUT2D eigenvalue weighted by Crippen LogP contribution is -2.33. The molecular weight excluding hydrogens is 304 g/mol. The minimum absolute atomic E-state index is 0.268. The van der Waals surface area contributed by atoms with Gasteiger partial charge < -0.3 is 9.47 Å². The Morgan fingerprint density at radius 3 is 1.78 bits per heavy atom. The molecule has 126 valence electrons. The van der Waals surface area contributed by atoms with Crippen molar-refractivity contribution in [1.29, 1.82) is 0 Å². The Kier molecular flexibility index (Phi) is 8.48. The largest absolute Gasteiger partial charge is 0.379 e. The third-order valence-corrected chi connectivity index (χ3v) is 2.71. The number of nitrogens with one attached hydrogen (secondary N) is 1. The minimum Gasteiger partial charge on any atom is -0.379 e. The normalized spacial score (nSPS) is 16.0. The van der Waals surface area contributed by atoms with Gasteiger partial charge in [0.25, 0.3) is 23.6 Å². The van der Waals surface area contributed by atoms with Crippen LogP contribution in [0.5, 0.6) is 0 Å². The van der Waals surface area contributed by atoms with Crippen LogP contribution in [0, 0.1) is 0 Å². The van der Waals surface area contributed by atoms with Gasteiger partial charge in [-0.15, -0.1) is 0 Å². The van der Waals surface area contributed by atoms with E-state index in [1.54, 1.807) is 0 Å². The molecule has 0 aromatic rings. The van der Waals surface area contributed by atoms with Crippen molar-refractivity contribution in [3.8, 4) is 0 Å². The number of amides is 4. The number of carbonyl (C=O) groups is 4. The molecule has 2 heterocycles. The van der Waals surface area contributed by atoms with Crippen molar-refractivity contribution in [2.24, 2.45) is 0 Å². The van der Waals surface area contributed by atoms with Crippen LogP contribution in [0.2, 0.25) is 0 Å². The quantitative estimate of drug-likeness (QED) is 0.479.